The van der Waals surface area contributed by atoms with E-state index in [4.69, 9.17) is 0 Å². The van der Waals surface area contributed by atoms with Crippen LogP contribution in [0.25, 0.3) is 0 Å². The number of rotatable bonds is 3. The first-order valence-corrected chi connectivity index (χ1v) is 3.98. The van der Waals surface area contributed by atoms with Gasteiger partial charge in [0, 0.05) is 5.92 Å². The Morgan fingerprint density at radius 3 is 2.30 bits per heavy atom. The Hall–Kier alpha value is -0.460. The fourth-order valence-corrected chi connectivity index (χ4v) is 0.908. The smallest absolute Gasteiger partial charge is 0.0910 e. The SMILES string of the molecule is C/C=C(/O)C(C)C(C)CC. The van der Waals surface area contributed by atoms with Crippen LogP contribution in [0.5, 0.6) is 0 Å². The quantitative estimate of drug-likeness (QED) is 0.600. The van der Waals surface area contributed by atoms with Crippen LogP contribution in [0.4, 0.5) is 0 Å². The molecule has 0 amide bonds. The highest BCUT2D eigenvalue weighted by atomic mass is 16.3. The molecule has 0 heterocycles. The minimum absolute atomic E-state index is 0.315. The highest BCUT2D eigenvalue weighted by Crippen LogP contribution is 2.20. The summed E-state index contributed by atoms with van der Waals surface area (Å²) in [6.45, 7) is 8.23. The summed E-state index contributed by atoms with van der Waals surface area (Å²) >= 11 is 0. The molecule has 2 atom stereocenters. The molecular weight excluding hydrogens is 124 g/mol. The lowest BCUT2D eigenvalue weighted by atomic mass is 9.92. The van der Waals surface area contributed by atoms with E-state index < -0.39 is 0 Å². The lowest BCUT2D eigenvalue weighted by molar-refractivity contribution is 0.281. The van der Waals surface area contributed by atoms with Crippen LogP contribution in [0.15, 0.2) is 11.8 Å². The Bertz CT molecular complexity index is 116. The minimum Gasteiger partial charge on any atom is -0.512 e. The molecule has 10 heavy (non-hydrogen) atoms. The van der Waals surface area contributed by atoms with E-state index in [0.717, 1.165) is 6.42 Å². The van der Waals surface area contributed by atoms with Crippen LogP contribution in [0.1, 0.15) is 34.1 Å². The van der Waals surface area contributed by atoms with Crippen molar-refractivity contribution >= 4 is 0 Å². The third-order valence-electron chi connectivity index (χ3n) is 2.26. The third kappa shape index (κ3) is 2.42. The molecule has 0 saturated heterocycles. The van der Waals surface area contributed by atoms with E-state index in [1.165, 1.54) is 0 Å². The van der Waals surface area contributed by atoms with Gasteiger partial charge >= 0.3 is 0 Å². The summed E-state index contributed by atoms with van der Waals surface area (Å²) in [7, 11) is 0. The number of aliphatic hydroxyl groups excluding tert-OH is 1. The van der Waals surface area contributed by atoms with Crippen LogP contribution in [-0.4, -0.2) is 5.11 Å². The lowest BCUT2D eigenvalue weighted by Gasteiger charge is -2.16. The Kier molecular flexibility index (Phi) is 4.17. The standard InChI is InChI=1S/C9H18O/c1-5-7(3)8(4)9(10)6-2/h6-8,10H,5H2,1-4H3/b9-6+. The molecule has 1 N–H and O–H groups in total. The highest BCUT2D eigenvalue weighted by molar-refractivity contribution is 4.94. The second-order valence-electron chi connectivity index (χ2n) is 2.89. The van der Waals surface area contributed by atoms with Crippen molar-refractivity contribution < 1.29 is 5.11 Å². The molecule has 1 heteroatoms. The molecule has 0 aliphatic carbocycles. The monoisotopic (exact) mass is 142 g/mol. The number of allylic oxidation sites excluding steroid dienone is 2. The van der Waals surface area contributed by atoms with Gasteiger partial charge in [-0.1, -0.05) is 27.2 Å². The van der Waals surface area contributed by atoms with Gasteiger partial charge in [0.15, 0.2) is 0 Å². The summed E-state index contributed by atoms with van der Waals surface area (Å²) in [5, 5.41) is 9.29. The summed E-state index contributed by atoms with van der Waals surface area (Å²) in [6.07, 6.45) is 2.90. The van der Waals surface area contributed by atoms with E-state index >= 15 is 0 Å². The van der Waals surface area contributed by atoms with Crippen molar-refractivity contribution in [1.82, 2.24) is 0 Å². The number of hydrogen-bond donors (Lipinski definition) is 1. The molecule has 2 unspecified atom stereocenters. The largest absolute Gasteiger partial charge is 0.512 e. The Morgan fingerprint density at radius 1 is 1.50 bits per heavy atom. The molecular formula is C9H18O. The van der Waals surface area contributed by atoms with Gasteiger partial charge in [-0.15, -0.1) is 0 Å². The van der Waals surface area contributed by atoms with Crippen molar-refractivity contribution in [3.05, 3.63) is 11.8 Å². The molecule has 1 nitrogen and oxygen atoms in total. The van der Waals surface area contributed by atoms with Crippen LogP contribution >= 0.6 is 0 Å². The Morgan fingerprint density at radius 2 is 2.00 bits per heavy atom. The van der Waals surface area contributed by atoms with E-state index in [1.807, 2.05) is 6.92 Å². The Balaban J connectivity index is 3.94. The fourth-order valence-electron chi connectivity index (χ4n) is 0.908. The van der Waals surface area contributed by atoms with Gasteiger partial charge in [0.1, 0.15) is 0 Å². The minimum atomic E-state index is 0.315. The maximum atomic E-state index is 9.29. The molecule has 0 radical (unpaired) electrons. The van der Waals surface area contributed by atoms with E-state index in [1.54, 1.807) is 6.08 Å². The van der Waals surface area contributed by atoms with E-state index in [-0.39, 0.29) is 0 Å². The van der Waals surface area contributed by atoms with Gasteiger partial charge in [-0.05, 0) is 18.9 Å². The highest BCUT2D eigenvalue weighted by Gasteiger charge is 2.12. The zero-order valence-corrected chi connectivity index (χ0v) is 7.39. The summed E-state index contributed by atoms with van der Waals surface area (Å²) in [6, 6.07) is 0. The second-order valence-corrected chi connectivity index (χ2v) is 2.89. The van der Waals surface area contributed by atoms with Gasteiger partial charge in [0.2, 0.25) is 0 Å². The van der Waals surface area contributed by atoms with E-state index in [2.05, 4.69) is 20.8 Å². The van der Waals surface area contributed by atoms with Crippen molar-refractivity contribution in [1.29, 1.82) is 0 Å². The van der Waals surface area contributed by atoms with Gasteiger partial charge in [0.05, 0.1) is 5.76 Å². The molecule has 0 bridgehead atoms. The zero-order chi connectivity index (χ0) is 8.15. The first-order chi connectivity index (χ1) is 4.63. The topological polar surface area (TPSA) is 20.2 Å². The zero-order valence-electron chi connectivity index (χ0n) is 7.39. The maximum Gasteiger partial charge on any atom is 0.0910 e. The van der Waals surface area contributed by atoms with Gasteiger partial charge < -0.3 is 5.11 Å². The van der Waals surface area contributed by atoms with Gasteiger partial charge in [-0.25, -0.2) is 0 Å². The predicted molar refractivity (Wildman–Crippen MR) is 45.0 cm³/mol. The third-order valence-corrected chi connectivity index (χ3v) is 2.26. The molecule has 0 aromatic carbocycles. The average Bonchev–Trinajstić information content (AvgIpc) is 2.00. The van der Waals surface area contributed by atoms with Crippen molar-refractivity contribution in [2.45, 2.75) is 34.1 Å². The molecule has 0 saturated carbocycles. The van der Waals surface area contributed by atoms with Gasteiger partial charge in [-0.2, -0.15) is 0 Å². The van der Waals surface area contributed by atoms with E-state index in [9.17, 15) is 5.11 Å². The van der Waals surface area contributed by atoms with Crippen molar-refractivity contribution in [2.24, 2.45) is 11.8 Å². The van der Waals surface area contributed by atoms with Crippen LogP contribution in [0.2, 0.25) is 0 Å². The summed E-state index contributed by atoms with van der Waals surface area (Å²) in [5.74, 6) is 1.42. The van der Waals surface area contributed by atoms with E-state index in [0.29, 0.717) is 17.6 Å². The molecule has 0 spiro atoms. The maximum absolute atomic E-state index is 9.29. The second kappa shape index (κ2) is 4.37. The summed E-state index contributed by atoms with van der Waals surface area (Å²) in [4.78, 5) is 0. The first-order valence-electron chi connectivity index (χ1n) is 3.98. The van der Waals surface area contributed by atoms with Gasteiger partial charge in [0.25, 0.3) is 0 Å². The van der Waals surface area contributed by atoms with Gasteiger partial charge in [-0.3, -0.25) is 0 Å². The predicted octanol–water partition coefficient (Wildman–Crippen LogP) is 3.13. The van der Waals surface area contributed by atoms with Crippen LogP contribution in [0.3, 0.4) is 0 Å². The molecule has 0 aromatic rings. The van der Waals surface area contributed by atoms with Crippen LogP contribution in [-0.2, 0) is 0 Å². The van der Waals surface area contributed by atoms with Crippen LogP contribution < -0.4 is 0 Å². The average molecular weight is 142 g/mol. The molecule has 60 valence electrons. The fraction of sp³-hybridized carbons (Fsp3) is 0.778. The summed E-state index contributed by atoms with van der Waals surface area (Å²) < 4.78 is 0. The van der Waals surface area contributed by atoms with Crippen molar-refractivity contribution in [2.75, 3.05) is 0 Å². The van der Waals surface area contributed by atoms with Crippen molar-refractivity contribution in [3.8, 4) is 0 Å². The molecule has 0 aromatic heterocycles. The number of hydrogen-bond acceptors (Lipinski definition) is 1. The van der Waals surface area contributed by atoms with Crippen LogP contribution in [0, 0.1) is 11.8 Å². The molecule has 0 aliphatic rings. The number of aliphatic hydroxyl groups is 1. The lowest BCUT2D eigenvalue weighted by Crippen LogP contribution is -2.09. The summed E-state index contributed by atoms with van der Waals surface area (Å²) in [5.41, 5.74) is 0. The molecule has 0 fully saturated rings. The van der Waals surface area contributed by atoms with Crippen molar-refractivity contribution in [3.63, 3.8) is 0 Å². The normalized spacial score (nSPS) is 18.6. The molecule has 0 rings (SSSR count). The Labute approximate surface area is 63.8 Å². The first kappa shape index (κ1) is 9.54. The molecule has 0 aliphatic heterocycles.